The van der Waals surface area contributed by atoms with E-state index >= 15 is 0 Å². The Morgan fingerprint density at radius 3 is 2.25 bits per heavy atom. The van der Waals surface area contributed by atoms with Gasteiger partial charge in [0.1, 0.15) is 6.61 Å². The van der Waals surface area contributed by atoms with Crippen LogP contribution in [0, 0.1) is 0 Å². The average molecular weight is 180 g/mol. The highest BCUT2D eigenvalue weighted by Crippen LogP contribution is 1.95. The summed E-state index contributed by atoms with van der Waals surface area (Å²) in [4.78, 5) is 10.6. The van der Waals surface area contributed by atoms with Crippen LogP contribution < -0.4 is 0 Å². The summed E-state index contributed by atoms with van der Waals surface area (Å²) in [6.45, 7) is -1.24. The standard InChI is InChI=1S/C6H12O6/c7-2-4(9)1-5(10)12-6(11)3-8/h4,6-9,11H,1-3H2. The van der Waals surface area contributed by atoms with Gasteiger partial charge >= 0.3 is 5.97 Å². The Balaban J connectivity index is 3.59. The summed E-state index contributed by atoms with van der Waals surface area (Å²) in [5.74, 6) is -0.877. The third kappa shape index (κ3) is 5.03. The van der Waals surface area contributed by atoms with E-state index in [9.17, 15) is 4.79 Å². The summed E-state index contributed by atoms with van der Waals surface area (Å²) in [6.07, 6.45) is -3.17. The Labute approximate surface area is 69.0 Å². The van der Waals surface area contributed by atoms with E-state index < -0.39 is 38.0 Å². The zero-order valence-electron chi connectivity index (χ0n) is 6.38. The first-order valence-electron chi connectivity index (χ1n) is 3.37. The second-order valence-corrected chi connectivity index (χ2v) is 2.17. The van der Waals surface area contributed by atoms with E-state index in [1.165, 1.54) is 0 Å². The maximum Gasteiger partial charge on any atom is 0.310 e. The molecule has 4 N–H and O–H groups in total. The molecular formula is C6H12O6. The molecule has 0 saturated heterocycles. The van der Waals surface area contributed by atoms with Crippen LogP contribution in [-0.4, -0.2) is 52.0 Å². The Morgan fingerprint density at radius 2 is 1.83 bits per heavy atom. The van der Waals surface area contributed by atoms with Crippen LogP contribution in [-0.2, 0) is 9.53 Å². The molecule has 0 aromatic rings. The normalized spacial score (nSPS) is 15.3. The highest BCUT2D eigenvalue weighted by atomic mass is 16.6. The van der Waals surface area contributed by atoms with Crippen molar-refractivity contribution in [2.75, 3.05) is 13.2 Å². The van der Waals surface area contributed by atoms with Crippen LogP contribution in [0.15, 0.2) is 0 Å². The lowest BCUT2D eigenvalue weighted by Gasteiger charge is -2.10. The van der Waals surface area contributed by atoms with E-state index in [2.05, 4.69) is 4.74 Å². The molecule has 0 aliphatic rings. The molecule has 0 rings (SSSR count). The van der Waals surface area contributed by atoms with Crippen LogP contribution in [0.3, 0.4) is 0 Å². The van der Waals surface area contributed by atoms with Gasteiger partial charge in [0.05, 0.1) is 19.1 Å². The van der Waals surface area contributed by atoms with Crippen molar-refractivity contribution < 1.29 is 30.0 Å². The van der Waals surface area contributed by atoms with Gasteiger partial charge in [-0.3, -0.25) is 4.79 Å². The smallest absolute Gasteiger partial charge is 0.310 e. The van der Waals surface area contributed by atoms with Gasteiger partial charge in [-0.15, -0.1) is 0 Å². The van der Waals surface area contributed by atoms with Crippen molar-refractivity contribution in [3.63, 3.8) is 0 Å². The van der Waals surface area contributed by atoms with Crippen molar-refractivity contribution in [1.82, 2.24) is 0 Å². The molecule has 2 atom stereocenters. The van der Waals surface area contributed by atoms with Gasteiger partial charge in [0, 0.05) is 0 Å². The van der Waals surface area contributed by atoms with Gasteiger partial charge in [0.15, 0.2) is 0 Å². The molecule has 0 aromatic carbocycles. The number of aliphatic hydroxyl groups excluding tert-OH is 4. The van der Waals surface area contributed by atoms with Crippen LogP contribution in [0.25, 0.3) is 0 Å². The Morgan fingerprint density at radius 1 is 1.25 bits per heavy atom. The summed E-state index contributed by atoms with van der Waals surface area (Å²) in [7, 11) is 0. The molecule has 72 valence electrons. The Hall–Kier alpha value is -0.690. The highest BCUT2D eigenvalue weighted by Gasteiger charge is 2.14. The molecule has 2 unspecified atom stereocenters. The van der Waals surface area contributed by atoms with E-state index in [-0.39, 0.29) is 0 Å². The molecule has 12 heavy (non-hydrogen) atoms. The van der Waals surface area contributed by atoms with Gasteiger partial charge in [0.2, 0.25) is 6.29 Å². The van der Waals surface area contributed by atoms with Crippen molar-refractivity contribution >= 4 is 5.97 Å². The SMILES string of the molecule is O=C(CC(O)CO)OC(O)CO. The minimum Gasteiger partial charge on any atom is -0.433 e. The quantitative estimate of drug-likeness (QED) is 0.277. The second-order valence-electron chi connectivity index (χ2n) is 2.17. The first-order chi connectivity index (χ1) is 5.60. The number of esters is 1. The second kappa shape index (κ2) is 5.90. The monoisotopic (exact) mass is 180 g/mol. The zero-order valence-corrected chi connectivity index (χ0v) is 6.38. The molecular weight excluding hydrogens is 168 g/mol. The maximum atomic E-state index is 10.6. The predicted octanol–water partition coefficient (Wildman–Crippen LogP) is -2.42. The Bertz CT molecular complexity index is 122. The highest BCUT2D eigenvalue weighted by molar-refractivity contribution is 5.70. The van der Waals surface area contributed by atoms with E-state index in [1.54, 1.807) is 0 Å². The summed E-state index contributed by atoms with van der Waals surface area (Å²) >= 11 is 0. The molecule has 0 bridgehead atoms. The average Bonchev–Trinajstić information content (AvgIpc) is 2.03. The van der Waals surface area contributed by atoms with Crippen molar-refractivity contribution in [3.8, 4) is 0 Å². The van der Waals surface area contributed by atoms with Crippen LogP contribution in [0.5, 0.6) is 0 Å². The number of hydrogen-bond donors (Lipinski definition) is 4. The largest absolute Gasteiger partial charge is 0.433 e. The Kier molecular flexibility index (Phi) is 5.56. The lowest BCUT2D eigenvalue weighted by atomic mass is 10.3. The van der Waals surface area contributed by atoms with Gasteiger partial charge in [-0.1, -0.05) is 0 Å². The molecule has 0 heterocycles. The molecule has 0 fully saturated rings. The van der Waals surface area contributed by atoms with E-state index in [4.69, 9.17) is 20.4 Å². The molecule has 0 spiro atoms. The summed E-state index contributed by atoms with van der Waals surface area (Å²) in [5, 5.41) is 33.8. The number of aliphatic hydroxyl groups is 4. The lowest BCUT2D eigenvalue weighted by molar-refractivity contribution is -0.176. The van der Waals surface area contributed by atoms with Gasteiger partial charge < -0.3 is 25.2 Å². The molecule has 0 aliphatic carbocycles. The minimum atomic E-state index is -1.57. The van der Waals surface area contributed by atoms with Gasteiger partial charge in [-0.2, -0.15) is 0 Å². The van der Waals surface area contributed by atoms with Crippen LogP contribution >= 0.6 is 0 Å². The molecule has 0 aromatic heterocycles. The van der Waals surface area contributed by atoms with Crippen molar-refractivity contribution in [3.05, 3.63) is 0 Å². The number of rotatable bonds is 5. The first kappa shape index (κ1) is 11.3. The first-order valence-corrected chi connectivity index (χ1v) is 3.37. The molecule has 0 radical (unpaired) electrons. The van der Waals surface area contributed by atoms with E-state index in [1.807, 2.05) is 0 Å². The van der Waals surface area contributed by atoms with Crippen LogP contribution in [0.2, 0.25) is 0 Å². The fraction of sp³-hybridized carbons (Fsp3) is 0.833. The number of carbonyl (C=O) groups is 1. The number of carbonyl (C=O) groups excluding carboxylic acids is 1. The molecule has 6 nitrogen and oxygen atoms in total. The van der Waals surface area contributed by atoms with E-state index in [0.29, 0.717) is 0 Å². The summed E-state index contributed by atoms with van der Waals surface area (Å²) < 4.78 is 4.17. The predicted molar refractivity (Wildman–Crippen MR) is 36.9 cm³/mol. The minimum absolute atomic E-state index is 0.409. The molecule has 6 heteroatoms. The lowest BCUT2D eigenvalue weighted by Crippen LogP contribution is -2.25. The molecule has 0 saturated carbocycles. The summed E-state index contributed by atoms with van der Waals surface area (Å²) in [6, 6.07) is 0. The fourth-order valence-electron chi connectivity index (χ4n) is 0.494. The maximum absolute atomic E-state index is 10.6. The van der Waals surface area contributed by atoms with Crippen molar-refractivity contribution in [2.24, 2.45) is 0 Å². The van der Waals surface area contributed by atoms with Gasteiger partial charge in [-0.05, 0) is 0 Å². The number of ether oxygens (including phenoxy) is 1. The number of hydrogen-bond acceptors (Lipinski definition) is 6. The van der Waals surface area contributed by atoms with E-state index in [0.717, 1.165) is 0 Å². The van der Waals surface area contributed by atoms with Crippen LogP contribution in [0.1, 0.15) is 6.42 Å². The van der Waals surface area contributed by atoms with Crippen molar-refractivity contribution in [2.45, 2.75) is 18.8 Å². The van der Waals surface area contributed by atoms with Gasteiger partial charge in [0.25, 0.3) is 0 Å². The third-order valence-electron chi connectivity index (χ3n) is 1.04. The van der Waals surface area contributed by atoms with Crippen LogP contribution in [0.4, 0.5) is 0 Å². The third-order valence-corrected chi connectivity index (χ3v) is 1.04. The zero-order chi connectivity index (χ0) is 9.56. The molecule has 0 amide bonds. The summed E-state index contributed by atoms with van der Waals surface area (Å²) in [5.41, 5.74) is 0. The fourth-order valence-corrected chi connectivity index (χ4v) is 0.494. The van der Waals surface area contributed by atoms with Gasteiger partial charge in [-0.25, -0.2) is 0 Å². The molecule has 0 aliphatic heterocycles. The van der Waals surface area contributed by atoms with Crippen molar-refractivity contribution in [1.29, 1.82) is 0 Å². The topological polar surface area (TPSA) is 107 Å².